The molecule has 0 spiro atoms. The quantitative estimate of drug-likeness (QED) is 0.827. The first-order chi connectivity index (χ1) is 8.68. The maximum atomic E-state index is 12.4. The molecule has 0 saturated carbocycles. The molecule has 0 bridgehead atoms. The summed E-state index contributed by atoms with van der Waals surface area (Å²) >= 11 is 0. The van der Waals surface area contributed by atoms with Crippen LogP contribution in [0.15, 0.2) is 53.6 Å². The largest absolute Gasteiger partial charge is 0.260 e. The Bertz CT molecular complexity index is 643. The monoisotopic (exact) mass is 260 g/mol. The molecule has 1 aromatic heterocycles. The van der Waals surface area contributed by atoms with Crippen molar-refractivity contribution >= 4 is 10.0 Å². The van der Waals surface area contributed by atoms with E-state index >= 15 is 0 Å². The number of aromatic nitrogens is 1. The van der Waals surface area contributed by atoms with Gasteiger partial charge in [-0.15, -0.1) is 0 Å². The van der Waals surface area contributed by atoms with Gasteiger partial charge in [0.25, 0.3) is 0 Å². The molecule has 3 rings (SSSR count). The van der Waals surface area contributed by atoms with Crippen LogP contribution in [0.4, 0.5) is 0 Å². The first-order valence-corrected chi connectivity index (χ1v) is 7.10. The highest BCUT2D eigenvalue weighted by Crippen LogP contribution is 2.26. The van der Waals surface area contributed by atoms with Crippen LogP contribution in [0.25, 0.3) is 0 Å². The Morgan fingerprint density at radius 2 is 1.78 bits per heavy atom. The van der Waals surface area contributed by atoms with Crippen LogP contribution in [0.1, 0.15) is 11.3 Å². The molecule has 0 amide bonds. The number of fused-ring (bicyclic) bond motifs is 1. The van der Waals surface area contributed by atoms with E-state index in [4.69, 9.17) is 0 Å². The summed E-state index contributed by atoms with van der Waals surface area (Å²) in [5.74, 6) is 0. The number of pyridine rings is 1. The molecule has 0 N–H and O–H groups in total. The van der Waals surface area contributed by atoms with E-state index in [0.717, 1.165) is 11.3 Å². The van der Waals surface area contributed by atoms with Crippen LogP contribution in [0, 0.1) is 0 Å². The predicted molar refractivity (Wildman–Crippen MR) is 67.1 cm³/mol. The van der Waals surface area contributed by atoms with E-state index < -0.39 is 10.0 Å². The normalized spacial score (nSPS) is 15.6. The Morgan fingerprint density at radius 3 is 2.50 bits per heavy atom. The SMILES string of the molecule is O=S(=O)(c1ccccc1)N1Cc2cccnc2C1. The third-order valence-corrected chi connectivity index (χ3v) is 4.84. The summed E-state index contributed by atoms with van der Waals surface area (Å²) in [6.45, 7) is 0.758. The van der Waals surface area contributed by atoms with E-state index in [2.05, 4.69) is 4.98 Å². The summed E-state index contributed by atoms with van der Waals surface area (Å²) in [6, 6.07) is 12.2. The Balaban J connectivity index is 1.95. The first-order valence-electron chi connectivity index (χ1n) is 5.66. The molecule has 5 heteroatoms. The molecule has 2 heterocycles. The molecule has 1 aliphatic heterocycles. The van der Waals surface area contributed by atoms with Gasteiger partial charge < -0.3 is 0 Å². The standard InChI is InChI=1S/C13H12N2O2S/c16-18(17,12-6-2-1-3-7-12)15-9-11-5-4-8-14-13(11)10-15/h1-8H,9-10H2. The zero-order valence-electron chi connectivity index (χ0n) is 9.65. The molecule has 4 nitrogen and oxygen atoms in total. The maximum Gasteiger partial charge on any atom is 0.243 e. The molecule has 0 radical (unpaired) electrons. The lowest BCUT2D eigenvalue weighted by Gasteiger charge is -2.15. The minimum Gasteiger partial charge on any atom is -0.260 e. The van der Waals surface area contributed by atoms with E-state index in [-0.39, 0.29) is 0 Å². The van der Waals surface area contributed by atoms with Crippen molar-refractivity contribution in [3.63, 3.8) is 0 Å². The average Bonchev–Trinajstić information content (AvgIpc) is 2.84. The van der Waals surface area contributed by atoms with Gasteiger partial charge in [0.1, 0.15) is 0 Å². The van der Waals surface area contributed by atoms with E-state index in [1.54, 1.807) is 36.5 Å². The molecular formula is C13H12N2O2S. The maximum absolute atomic E-state index is 12.4. The van der Waals surface area contributed by atoms with Gasteiger partial charge in [-0.1, -0.05) is 24.3 Å². The molecule has 0 aliphatic carbocycles. The van der Waals surface area contributed by atoms with E-state index in [9.17, 15) is 8.42 Å². The van der Waals surface area contributed by atoms with Gasteiger partial charge in [0.15, 0.2) is 0 Å². The van der Waals surface area contributed by atoms with Crippen molar-refractivity contribution in [1.29, 1.82) is 0 Å². The van der Waals surface area contributed by atoms with Gasteiger partial charge in [-0.2, -0.15) is 4.31 Å². The second kappa shape index (κ2) is 4.19. The van der Waals surface area contributed by atoms with Gasteiger partial charge in [0.2, 0.25) is 10.0 Å². The number of hydrogen-bond donors (Lipinski definition) is 0. The van der Waals surface area contributed by atoms with E-state index in [1.165, 1.54) is 4.31 Å². The van der Waals surface area contributed by atoms with Crippen molar-refractivity contribution in [3.8, 4) is 0 Å². The van der Waals surface area contributed by atoms with Crippen LogP contribution >= 0.6 is 0 Å². The summed E-state index contributed by atoms with van der Waals surface area (Å²) < 4.78 is 26.3. The molecule has 92 valence electrons. The van der Waals surface area contributed by atoms with Crippen LogP contribution in [-0.4, -0.2) is 17.7 Å². The molecule has 1 aliphatic rings. The molecule has 2 aromatic rings. The van der Waals surface area contributed by atoms with Crippen LogP contribution in [0.3, 0.4) is 0 Å². The molecule has 0 fully saturated rings. The predicted octanol–water partition coefficient (Wildman–Crippen LogP) is 1.79. The summed E-state index contributed by atoms with van der Waals surface area (Å²) in [4.78, 5) is 4.54. The summed E-state index contributed by atoms with van der Waals surface area (Å²) in [5, 5.41) is 0. The minimum atomic E-state index is -3.41. The zero-order valence-corrected chi connectivity index (χ0v) is 10.5. The van der Waals surface area contributed by atoms with Gasteiger partial charge >= 0.3 is 0 Å². The fourth-order valence-electron chi connectivity index (χ4n) is 2.08. The number of benzene rings is 1. The second-order valence-corrected chi connectivity index (χ2v) is 6.13. The smallest absolute Gasteiger partial charge is 0.243 e. The number of rotatable bonds is 2. The van der Waals surface area contributed by atoms with Crippen molar-refractivity contribution in [2.24, 2.45) is 0 Å². The third-order valence-electron chi connectivity index (χ3n) is 3.04. The molecule has 18 heavy (non-hydrogen) atoms. The minimum absolute atomic E-state index is 0.331. The lowest BCUT2D eigenvalue weighted by atomic mass is 10.2. The summed E-state index contributed by atoms with van der Waals surface area (Å²) in [5.41, 5.74) is 1.83. The van der Waals surface area contributed by atoms with Crippen LogP contribution in [0.5, 0.6) is 0 Å². The van der Waals surface area contributed by atoms with Crippen LogP contribution in [-0.2, 0) is 23.1 Å². The lowest BCUT2D eigenvalue weighted by molar-refractivity contribution is 0.430. The first kappa shape index (κ1) is 11.4. The van der Waals surface area contributed by atoms with Crippen LogP contribution < -0.4 is 0 Å². The Hall–Kier alpha value is -1.72. The zero-order chi connectivity index (χ0) is 12.6. The van der Waals surface area contributed by atoms with Gasteiger partial charge in [0.05, 0.1) is 17.1 Å². The highest BCUT2D eigenvalue weighted by atomic mass is 32.2. The van der Waals surface area contributed by atoms with Crippen LogP contribution in [0.2, 0.25) is 0 Å². The van der Waals surface area contributed by atoms with Crippen molar-refractivity contribution in [1.82, 2.24) is 9.29 Å². The molecule has 0 saturated heterocycles. The van der Waals surface area contributed by atoms with E-state index in [1.807, 2.05) is 12.1 Å². The third kappa shape index (κ3) is 1.81. The Kier molecular flexibility index (Phi) is 2.65. The fourth-order valence-corrected chi connectivity index (χ4v) is 3.48. The van der Waals surface area contributed by atoms with Crippen molar-refractivity contribution < 1.29 is 8.42 Å². The highest BCUT2D eigenvalue weighted by molar-refractivity contribution is 7.89. The molecule has 1 aromatic carbocycles. The number of nitrogens with zero attached hydrogens (tertiary/aromatic N) is 2. The van der Waals surface area contributed by atoms with Crippen molar-refractivity contribution in [2.75, 3.05) is 0 Å². The second-order valence-electron chi connectivity index (χ2n) is 4.20. The molecule has 0 unspecified atom stereocenters. The number of hydrogen-bond acceptors (Lipinski definition) is 3. The van der Waals surface area contributed by atoms with Gasteiger partial charge in [-0.25, -0.2) is 8.42 Å². The average molecular weight is 260 g/mol. The number of sulfonamides is 1. The summed E-state index contributed by atoms with van der Waals surface area (Å²) in [7, 11) is -3.41. The Labute approximate surface area is 106 Å². The van der Waals surface area contributed by atoms with Gasteiger partial charge in [-0.05, 0) is 23.8 Å². The van der Waals surface area contributed by atoms with Gasteiger partial charge in [0, 0.05) is 12.7 Å². The lowest BCUT2D eigenvalue weighted by Crippen LogP contribution is -2.25. The van der Waals surface area contributed by atoms with E-state index in [0.29, 0.717) is 18.0 Å². The highest BCUT2D eigenvalue weighted by Gasteiger charge is 2.30. The molecule has 0 atom stereocenters. The Morgan fingerprint density at radius 1 is 1.00 bits per heavy atom. The topological polar surface area (TPSA) is 50.3 Å². The van der Waals surface area contributed by atoms with Crippen molar-refractivity contribution in [3.05, 3.63) is 59.9 Å². The molecular weight excluding hydrogens is 248 g/mol. The fraction of sp³-hybridized carbons (Fsp3) is 0.154. The van der Waals surface area contributed by atoms with Gasteiger partial charge in [-0.3, -0.25) is 4.98 Å². The van der Waals surface area contributed by atoms with Crippen molar-refractivity contribution in [2.45, 2.75) is 18.0 Å². The summed E-state index contributed by atoms with van der Waals surface area (Å²) in [6.07, 6.45) is 1.69.